The van der Waals surface area contributed by atoms with Crippen molar-refractivity contribution in [3.05, 3.63) is 0 Å². The Labute approximate surface area is 103 Å². The number of rotatable bonds is 3. The first-order valence-electron chi connectivity index (χ1n) is 6.94. The number of piperidine rings is 2. The van der Waals surface area contributed by atoms with Crippen LogP contribution in [0.5, 0.6) is 0 Å². The molecule has 0 saturated carbocycles. The van der Waals surface area contributed by atoms with E-state index in [0.29, 0.717) is 5.92 Å². The Morgan fingerprint density at radius 3 is 2.88 bits per heavy atom. The molecule has 2 aliphatic heterocycles. The third-order valence-corrected chi connectivity index (χ3v) is 3.98. The van der Waals surface area contributed by atoms with Gasteiger partial charge in [-0.1, -0.05) is 6.42 Å². The largest absolute Gasteiger partial charge is 0.396 e. The van der Waals surface area contributed by atoms with Crippen LogP contribution in [-0.2, 0) is 4.79 Å². The fraction of sp³-hybridized carbons (Fsp3) is 0.923. The van der Waals surface area contributed by atoms with E-state index in [-0.39, 0.29) is 18.6 Å². The topological polar surface area (TPSA) is 52.6 Å². The summed E-state index contributed by atoms with van der Waals surface area (Å²) in [5.41, 5.74) is 0. The van der Waals surface area contributed by atoms with Crippen LogP contribution in [-0.4, -0.2) is 48.2 Å². The Hall–Kier alpha value is -0.610. The molecule has 2 saturated heterocycles. The second-order valence-electron chi connectivity index (χ2n) is 5.31. The zero-order chi connectivity index (χ0) is 12.1. The van der Waals surface area contributed by atoms with Gasteiger partial charge < -0.3 is 15.3 Å². The molecule has 2 N–H and O–H groups in total. The molecular weight excluding hydrogens is 216 g/mol. The molecule has 2 atom stereocenters. The number of hydrogen-bond acceptors (Lipinski definition) is 3. The van der Waals surface area contributed by atoms with Gasteiger partial charge in [-0.15, -0.1) is 0 Å². The van der Waals surface area contributed by atoms with Crippen molar-refractivity contribution in [3.63, 3.8) is 0 Å². The molecule has 2 rings (SSSR count). The number of nitrogens with one attached hydrogen (secondary N) is 1. The zero-order valence-corrected chi connectivity index (χ0v) is 10.5. The lowest BCUT2D eigenvalue weighted by molar-refractivity contribution is -0.136. The summed E-state index contributed by atoms with van der Waals surface area (Å²) in [6, 6.07) is 0.0524. The van der Waals surface area contributed by atoms with Gasteiger partial charge in [0.1, 0.15) is 0 Å². The number of likely N-dealkylation sites (tertiary alicyclic amines) is 1. The number of amides is 1. The summed E-state index contributed by atoms with van der Waals surface area (Å²) in [6.45, 7) is 2.97. The van der Waals surface area contributed by atoms with E-state index >= 15 is 0 Å². The molecule has 2 fully saturated rings. The Balaban J connectivity index is 1.85. The molecule has 0 aromatic rings. The SMILES string of the molecule is O=C([C@H]1CCCCN1)N1CCCC(CCO)C1. The van der Waals surface area contributed by atoms with Crippen LogP contribution >= 0.6 is 0 Å². The molecule has 0 aliphatic carbocycles. The molecule has 98 valence electrons. The van der Waals surface area contributed by atoms with E-state index in [1.165, 1.54) is 6.42 Å². The van der Waals surface area contributed by atoms with Gasteiger partial charge in [-0.05, 0) is 44.6 Å². The maximum absolute atomic E-state index is 12.3. The minimum atomic E-state index is 0.0524. The number of aliphatic hydroxyl groups excluding tert-OH is 1. The molecule has 0 radical (unpaired) electrons. The van der Waals surface area contributed by atoms with Crippen LogP contribution in [0.2, 0.25) is 0 Å². The lowest BCUT2D eigenvalue weighted by Crippen LogP contribution is -2.51. The minimum Gasteiger partial charge on any atom is -0.396 e. The van der Waals surface area contributed by atoms with Crippen molar-refractivity contribution in [2.45, 2.75) is 44.6 Å². The van der Waals surface area contributed by atoms with E-state index in [1.54, 1.807) is 0 Å². The summed E-state index contributed by atoms with van der Waals surface area (Å²) in [5.74, 6) is 0.786. The number of hydrogen-bond donors (Lipinski definition) is 2. The van der Waals surface area contributed by atoms with Crippen molar-refractivity contribution < 1.29 is 9.90 Å². The van der Waals surface area contributed by atoms with E-state index in [1.807, 2.05) is 4.90 Å². The van der Waals surface area contributed by atoms with E-state index in [0.717, 1.165) is 51.7 Å². The second kappa shape index (κ2) is 6.36. The Bertz CT molecular complexity index is 250. The van der Waals surface area contributed by atoms with Gasteiger partial charge in [-0.2, -0.15) is 0 Å². The molecule has 4 nitrogen and oxygen atoms in total. The normalized spacial score (nSPS) is 30.3. The first-order chi connectivity index (χ1) is 8.31. The molecule has 2 heterocycles. The van der Waals surface area contributed by atoms with Gasteiger partial charge >= 0.3 is 0 Å². The number of nitrogens with zero attached hydrogens (tertiary/aromatic N) is 1. The van der Waals surface area contributed by atoms with Gasteiger partial charge in [-0.3, -0.25) is 4.79 Å². The fourth-order valence-corrected chi connectivity index (χ4v) is 2.97. The maximum Gasteiger partial charge on any atom is 0.239 e. The molecule has 1 unspecified atom stereocenters. The van der Waals surface area contributed by atoms with Crippen LogP contribution in [0.3, 0.4) is 0 Å². The van der Waals surface area contributed by atoms with Crippen molar-refractivity contribution >= 4 is 5.91 Å². The molecule has 0 spiro atoms. The lowest BCUT2D eigenvalue weighted by Gasteiger charge is -2.36. The lowest BCUT2D eigenvalue weighted by atomic mass is 9.94. The predicted octanol–water partition coefficient (Wildman–Crippen LogP) is 0.749. The van der Waals surface area contributed by atoms with E-state index in [2.05, 4.69) is 5.32 Å². The predicted molar refractivity (Wildman–Crippen MR) is 66.6 cm³/mol. The van der Waals surface area contributed by atoms with Gasteiger partial charge in [-0.25, -0.2) is 0 Å². The molecular formula is C13H24N2O2. The molecule has 4 heteroatoms. The van der Waals surface area contributed by atoms with Gasteiger partial charge in [0.2, 0.25) is 5.91 Å². The zero-order valence-electron chi connectivity index (χ0n) is 10.5. The maximum atomic E-state index is 12.3. The highest BCUT2D eigenvalue weighted by molar-refractivity contribution is 5.82. The average Bonchev–Trinajstić information content (AvgIpc) is 2.40. The van der Waals surface area contributed by atoms with Crippen molar-refractivity contribution in [3.8, 4) is 0 Å². The number of aliphatic hydroxyl groups is 1. The molecule has 0 bridgehead atoms. The fourth-order valence-electron chi connectivity index (χ4n) is 2.97. The first kappa shape index (κ1) is 12.8. The van der Waals surface area contributed by atoms with Crippen molar-refractivity contribution in [2.75, 3.05) is 26.2 Å². The Morgan fingerprint density at radius 2 is 2.18 bits per heavy atom. The highest BCUT2D eigenvalue weighted by Crippen LogP contribution is 2.21. The number of carbonyl (C=O) groups is 1. The van der Waals surface area contributed by atoms with Crippen LogP contribution in [0, 0.1) is 5.92 Å². The standard InChI is InChI=1S/C13H24N2O2/c16-9-6-11-4-3-8-15(10-11)13(17)12-5-1-2-7-14-12/h11-12,14,16H,1-10H2/t11?,12-/m1/s1. The quantitative estimate of drug-likeness (QED) is 0.765. The highest BCUT2D eigenvalue weighted by Gasteiger charge is 2.29. The second-order valence-corrected chi connectivity index (χ2v) is 5.31. The summed E-state index contributed by atoms with van der Waals surface area (Å²) in [5, 5.41) is 12.3. The van der Waals surface area contributed by atoms with Crippen LogP contribution in [0.4, 0.5) is 0 Å². The van der Waals surface area contributed by atoms with E-state index in [9.17, 15) is 4.79 Å². The van der Waals surface area contributed by atoms with Crippen molar-refractivity contribution in [1.82, 2.24) is 10.2 Å². The third-order valence-electron chi connectivity index (χ3n) is 3.98. The molecule has 17 heavy (non-hydrogen) atoms. The Morgan fingerprint density at radius 1 is 1.29 bits per heavy atom. The van der Waals surface area contributed by atoms with Gasteiger partial charge in [0, 0.05) is 19.7 Å². The summed E-state index contributed by atoms with van der Waals surface area (Å²) in [6.07, 6.45) is 6.42. The summed E-state index contributed by atoms with van der Waals surface area (Å²) >= 11 is 0. The smallest absolute Gasteiger partial charge is 0.239 e. The summed E-state index contributed by atoms with van der Waals surface area (Å²) in [4.78, 5) is 14.3. The molecule has 1 amide bonds. The summed E-state index contributed by atoms with van der Waals surface area (Å²) in [7, 11) is 0. The van der Waals surface area contributed by atoms with Crippen LogP contribution in [0.25, 0.3) is 0 Å². The van der Waals surface area contributed by atoms with Crippen molar-refractivity contribution in [2.24, 2.45) is 5.92 Å². The van der Waals surface area contributed by atoms with Crippen LogP contribution in [0.1, 0.15) is 38.5 Å². The highest BCUT2D eigenvalue weighted by atomic mass is 16.3. The number of carbonyl (C=O) groups excluding carboxylic acids is 1. The van der Waals surface area contributed by atoms with Gasteiger partial charge in [0.25, 0.3) is 0 Å². The summed E-state index contributed by atoms with van der Waals surface area (Å²) < 4.78 is 0. The minimum absolute atomic E-state index is 0.0524. The monoisotopic (exact) mass is 240 g/mol. The first-order valence-corrected chi connectivity index (χ1v) is 6.94. The van der Waals surface area contributed by atoms with Crippen molar-refractivity contribution in [1.29, 1.82) is 0 Å². The molecule has 2 aliphatic rings. The van der Waals surface area contributed by atoms with Crippen LogP contribution < -0.4 is 5.32 Å². The molecule has 0 aromatic heterocycles. The van der Waals surface area contributed by atoms with Gasteiger partial charge in [0.05, 0.1) is 6.04 Å². The average molecular weight is 240 g/mol. The van der Waals surface area contributed by atoms with Crippen LogP contribution in [0.15, 0.2) is 0 Å². The van der Waals surface area contributed by atoms with E-state index in [4.69, 9.17) is 5.11 Å². The van der Waals surface area contributed by atoms with Gasteiger partial charge in [0.15, 0.2) is 0 Å². The Kier molecular flexibility index (Phi) is 4.80. The molecule has 0 aromatic carbocycles. The third kappa shape index (κ3) is 3.42. The van der Waals surface area contributed by atoms with E-state index < -0.39 is 0 Å².